The van der Waals surface area contributed by atoms with Gasteiger partial charge in [-0.15, -0.1) is 0 Å². The second kappa shape index (κ2) is 8.03. The van der Waals surface area contributed by atoms with Gasteiger partial charge in [-0.25, -0.2) is 0 Å². The zero-order valence-corrected chi connectivity index (χ0v) is 13.8. The molecule has 2 rings (SSSR count). The van der Waals surface area contributed by atoms with Gasteiger partial charge in [0.15, 0.2) is 18.0 Å². The van der Waals surface area contributed by atoms with Gasteiger partial charge in [-0.2, -0.15) is 0 Å². The molecule has 122 valence electrons. The Bertz CT molecular complexity index is 505. The maximum Gasteiger partial charge on any atom is 0.275 e. The van der Waals surface area contributed by atoms with E-state index in [-0.39, 0.29) is 5.91 Å². The third kappa shape index (κ3) is 4.63. The summed E-state index contributed by atoms with van der Waals surface area (Å²) in [5.41, 5.74) is 1.01. The molecule has 0 aromatic heterocycles. The smallest absolute Gasteiger partial charge is 0.275 e. The van der Waals surface area contributed by atoms with Crippen LogP contribution < -0.4 is 19.7 Å². The molecule has 5 nitrogen and oxygen atoms in total. The van der Waals surface area contributed by atoms with Gasteiger partial charge in [0.2, 0.25) is 0 Å². The van der Waals surface area contributed by atoms with Crippen molar-refractivity contribution in [1.29, 1.82) is 0 Å². The number of amides is 1. The van der Waals surface area contributed by atoms with Crippen LogP contribution in [-0.4, -0.2) is 39.8 Å². The van der Waals surface area contributed by atoms with E-state index in [1.165, 1.54) is 17.7 Å². The third-order valence-electron chi connectivity index (χ3n) is 4.21. The number of piperidine rings is 1. The van der Waals surface area contributed by atoms with E-state index in [2.05, 4.69) is 12.2 Å². The van der Waals surface area contributed by atoms with Gasteiger partial charge in [0.05, 0.1) is 27.3 Å². The number of rotatable bonds is 6. The highest BCUT2D eigenvalue weighted by Gasteiger charge is 2.21. The van der Waals surface area contributed by atoms with Gasteiger partial charge in [-0.05, 0) is 30.5 Å². The first-order chi connectivity index (χ1) is 10.6. The van der Waals surface area contributed by atoms with Crippen LogP contribution in [0.2, 0.25) is 0 Å². The minimum Gasteiger partial charge on any atom is -0.493 e. The first kappa shape index (κ1) is 16.6. The van der Waals surface area contributed by atoms with E-state index in [9.17, 15) is 4.79 Å². The fourth-order valence-corrected chi connectivity index (χ4v) is 3.04. The van der Waals surface area contributed by atoms with Crippen molar-refractivity contribution in [2.75, 3.05) is 33.9 Å². The molecule has 22 heavy (non-hydrogen) atoms. The normalized spacial score (nSPS) is 21.2. The average molecular weight is 307 g/mol. The van der Waals surface area contributed by atoms with Gasteiger partial charge >= 0.3 is 0 Å². The molecule has 1 aromatic rings. The van der Waals surface area contributed by atoms with E-state index in [1.54, 1.807) is 14.2 Å². The molecule has 1 amide bonds. The molecule has 1 aliphatic rings. The Labute approximate surface area is 132 Å². The van der Waals surface area contributed by atoms with Gasteiger partial charge in [0.1, 0.15) is 0 Å². The largest absolute Gasteiger partial charge is 0.493 e. The molecule has 1 heterocycles. The topological polar surface area (TPSA) is 52.0 Å². The van der Waals surface area contributed by atoms with Gasteiger partial charge in [0.25, 0.3) is 5.91 Å². The van der Waals surface area contributed by atoms with Crippen LogP contribution in [-0.2, 0) is 11.3 Å². The predicted octanol–water partition coefficient (Wildman–Crippen LogP) is 0.635. The molecule has 1 saturated heterocycles. The number of ether oxygens (including phenoxy) is 2. The van der Waals surface area contributed by atoms with E-state index in [1.807, 2.05) is 18.2 Å². The Kier molecular flexibility index (Phi) is 6.07. The Morgan fingerprint density at radius 1 is 1.32 bits per heavy atom. The SMILES string of the molecule is COc1ccc(CNC(=O)C[NH+]2CCC[C@H](C)C2)cc1OC. The molecular weight excluding hydrogens is 280 g/mol. The number of carbonyl (C=O) groups excluding carboxylic acids is 1. The minimum absolute atomic E-state index is 0.110. The Morgan fingerprint density at radius 2 is 2.09 bits per heavy atom. The molecule has 2 N–H and O–H groups in total. The van der Waals surface area contributed by atoms with Crippen LogP contribution in [0.25, 0.3) is 0 Å². The van der Waals surface area contributed by atoms with Crippen molar-refractivity contribution in [1.82, 2.24) is 5.32 Å². The van der Waals surface area contributed by atoms with Crippen molar-refractivity contribution in [3.05, 3.63) is 23.8 Å². The Morgan fingerprint density at radius 3 is 2.77 bits per heavy atom. The fraction of sp³-hybridized carbons (Fsp3) is 0.588. The molecule has 0 spiro atoms. The summed E-state index contributed by atoms with van der Waals surface area (Å²) in [4.78, 5) is 13.5. The zero-order valence-electron chi connectivity index (χ0n) is 13.8. The lowest BCUT2D eigenvalue weighted by Gasteiger charge is -2.27. The maximum absolute atomic E-state index is 12.1. The summed E-state index contributed by atoms with van der Waals surface area (Å²) in [6.07, 6.45) is 2.51. The van der Waals surface area contributed by atoms with Crippen molar-refractivity contribution in [2.24, 2.45) is 5.92 Å². The quantitative estimate of drug-likeness (QED) is 0.811. The highest BCUT2D eigenvalue weighted by atomic mass is 16.5. The predicted molar refractivity (Wildman–Crippen MR) is 85.4 cm³/mol. The molecule has 0 saturated carbocycles. The highest BCUT2D eigenvalue weighted by Crippen LogP contribution is 2.27. The summed E-state index contributed by atoms with van der Waals surface area (Å²) in [5.74, 6) is 2.22. The van der Waals surface area contributed by atoms with E-state index >= 15 is 0 Å². The van der Waals surface area contributed by atoms with Gasteiger partial charge in [-0.3, -0.25) is 4.79 Å². The molecule has 1 unspecified atom stereocenters. The zero-order chi connectivity index (χ0) is 15.9. The van der Waals surface area contributed by atoms with Crippen molar-refractivity contribution in [2.45, 2.75) is 26.3 Å². The molecule has 0 radical (unpaired) electrons. The van der Waals surface area contributed by atoms with E-state index in [4.69, 9.17) is 9.47 Å². The lowest BCUT2D eigenvalue weighted by atomic mass is 10.0. The highest BCUT2D eigenvalue weighted by molar-refractivity contribution is 5.76. The number of hydrogen-bond acceptors (Lipinski definition) is 3. The third-order valence-corrected chi connectivity index (χ3v) is 4.21. The number of hydrogen-bond donors (Lipinski definition) is 2. The number of quaternary nitrogens is 1. The lowest BCUT2D eigenvalue weighted by Crippen LogP contribution is -3.14. The van der Waals surface area contributed by atoms with Crippen LogP contribution in [0.15, 0.2) is 18.2 Å². The standard InChI is InChI=1S/C17H26N2O3/c1-13-5-4-8-19(11-13)12-17(20)18-10-14-6-7-15(21-2)16(9-14)22-3/h6-7,9,13H,4-5,8,10-12H2,1-3H3,(H,18,20)/p+1/t13-/m0/s1. The van der Waals surface area contributed by atoms with Crippen molar-refractivity contribution in [3.8, 4) is 11.5 Å². The van der Waals surface area contributed by atoms with Crippen molar-refractivity contribution in [3.63, 3.8) is 0 Å². The summed E-state index contributed by atoms with van der Waals surface area (Å²) in [6, 6.07) is 5.70. The summed E-state index contributed by atoms with van der Waals surface area (Å²) >= 11 is 0. The summed E-state index contributed by atoms with van der Waals surface area (Å²) in [5, 5.41) is 2.99. The summed E-state index contributed by atoms with van der Waals surface area (Å²) in [7, 11) is 3.22. The van der Waals surface area contributed by atoms with Gasteiger partial charge in [-0.1, -0.05) is 13.0 Å². The summed E-state index contributed by atoms with van der Waals surface area (Å²) < 4.78 is 10.5. The van der Waals surface area contributed by atoms with Crippen LogP contribution in [0.1, 0.15) is 25.3 Å². The van der Waals surface area contributed by atoms with Gasteiger partial charge < -0.3 is 19.7 Å². The number of carbonyl (C=O) groups is 1. The summed E-state index contributed by atoms with van der Waals surface area (Å²) in [6.45, 7) is 5.55. The van der Waals surface area contributed by atoms with E-state index in [0.29, 0.717) is 24.6 Å². The maximum atomic E-state index is 12.1. The molecule has 0 aliphatic carbocycles. The van der Waals surface area contributed by atoms with Crippen molar-refractivity contribution >= 4 is 5.91 Å². The molecule has 1 fully saturated rings. The van der Waals surface area contributed by atoms with Crippen LogP contribution >= 0.6 is 0 Å². The van der Waals surface area contributed by atoms with Crippen LogP contribution in [0.5, 0.6) is 11.5 Å². The number of benzene rings is 1. The van der Waals surface area contributed by atoms with E-state index in [0.717, 1.165) is 24.6 Å². The first-order valence-electron chi connectivity index (χ1n) is 7.93. The van der Waals surface area contributed by atoms with Crippen molar-refractivity contribution < 1.29 is 19.2 Å². The molecule has 0 bridgehead atoms. The molecule has 1 aliphatic heterocycles. The molecule has 2 atom stereocenters. The first-order valence-corrected chi connectivity index (χ1v) is 7.93. The van der Waals surface area contributed by atoms with Crippen LogP contribution in [0, 0.1) is 5.92 Å². The monoisotopic (exact) mass is 307 g/mol. The molecule has 1 aromatic carbocycles. The van der Waals surface area contributed by atoms with Crippen LogP contribution in [0.4, 0.5) is 0 Å². The fourth-order valence-electron chi connectivity index (χ4n) is 3.04. The minimum atomic E-state index is 0.110. The van der Waals surface area contributed by atoms with Gasteiger partial charge in [0, 0.05) is 12.5 Å². The number of methoxy groups -OCH3 is 2. The molecular formula is C17H27N2O3+. The second-order valence-corrected chi connectivity index (χ2v) is 6.09. The van der Waals surface area contributed by atoms with E-state index < -0.39 is 0 Å². The second-order valence-electron chi connectivity index (χ2n) is 6.09. The lowest BCUT2D eigenvalue weighted by molar-refractivity contribution is -0.900. The molecule has 5 heteroatoms. The van der Waals surface area contributed by atoms with Crippen LogP contribution in [0.3, 0.4) is 0 Å². The number of likely N-dealkylation sites (tertiary alicyclic amines) is 1. The Hall–Kier alpha value is -1.75. The Balaban J connectivity index is 1.83. The average Bonchev–Trinajstić information content (AvgIpc) is 2.52. The number of nitrogens with one attached hydrogen (secondary N) is 2.